The van der Waals surface area contributed by atoms with Gasteiger partial charge in [0.15, 0.2) is 0 Å². The van der Waals surface area contributed by atoms with Crippen LogP contribution in [0.15, 0.2) is 18.2 Å². The molecule has 0 saturated heterocycles. The maximum Gasteiger partial charge on any atom is 0.239 e. The molecule has 1 aromatic carbocycles. The molecule has 0 aliphatic rings. The maximum absolute atomic E-state index is 12.3. The molecule has 2 amide bonds. The molecule has 1 rings (SSSR count). The Morgan fingerprint density at radius 3 is 2.30 bits per heavy atom. The number of carbonyl (C=O) groups excluding carboxylic acids is 2. The van der Waals surface area contributed by atoms with Crippen molar-refractivity contribution in [1.29, 1.82) is 0 Å². The van der Waals surface area contributed by atoms with E-state index in [2.05, 4.69) is 10.6 Å². The largest absolute Gasteiger partial charge is 0.353 e. The van der Waals surface area contributed by atoms with Gasteiger partial charge in [0.25, 0.3) is 0 Å². The third-order valence-electron chi connectivity index (χ3n) is 2.99. The summed E-state index contributed by atoms with van der Waals surface area (Å²) in [4.78, 5) is 24.3. The van der Waals surface area contributed by atoms with Gasteiger partial charge in [0.05, 0.1) is 0 Å². The molecule has 110 valence electrons. The lowest BCUT2D eigenvalue weighted by Gasteiger charge is -2.24. The molecule has 0 heterocycles. The topological polar surface area (TPSA) is 58.2 Å². The van der Waals surface area contributed by atoms with Crippen LogP contribution < -0.4 is 10.6 Å². The SMILES string of the molecule is Cc1cc(Cl)ccc1NC(=O)C(C)(C)C(=O)NC(C)C. The molecule has 20 heavy (non-hydrogen) atoms. The van der Waals surface area contributed by atoms with Crippen molar-refractivity contribution >= 4 is 29.1 Å². The van der Waals surface area contributed by atoms with E-state index in [-0.39, 0.29) is 17.9 Å². The fourth-order valence-electron chi connectivity index (χ4n) is 1.59. The molecule has 0 bridgehead atoms. The summed E-state index contributed by atoms with van der Waals surface area (Å²) in [5.74, 6) is -0.641. The van der Waals surface area contributed by atoms with Gasteiger partial charge in [0.1, 0.15) is 5.41 Å². The van der Waals surface area contributed by atoms with Crippen LogP contribution in [0.3, 0.4) is 0 Å². The van der Waals surface area contributed by atoms with E-state index in [0.717, 1.165) is 5.56 Å². The summed E-state index contributed by atoms with van der Waals surface area (Å²) < 4.78 is 0. The molecular formula is C15H21ClN2O2. The standard InChI is InChI=1S/C15H21ClN2O2/c1-9(2)17-13(19)15(4,5)14(20)18-12-7-6-11(16)8-10(12)3/h6-9H,1-5H3,(H,17,19)(H,18,20). The molecule has 1 aromatic rings. The van der Waals surface area contributed by atoms with Gasteiger partial charge in [-0.05, 0) is 58.4 Å². The zero-order valence-electron chi connectivity index (χ0n) is 12.5. The Hall–Kier alpha value is -1.55. The van der Waals surface area contributed by atoms with E-state index in [1.165, 1.54) is 0 Å². The van der Waals surface area contributed by atoms with Gasteiger partial charge in [-0.1, -0.05) is 11.6 Å². The van der Waals surface area contributed by atoms with Crippen LogP contribution in [-0.2, 0) is 9.59 Å². The second kappa shape index (κ2) is 6.27. The lowest BCUT2D eigenvalue weighted by atomic mass is 9.90. The number of hydrogen-bond donors (Lipinski definition) is 2. The van der Waals surface area contributed by atoms with E-state index in [9.17, 15) is 9.59 Å². The summed E-state index contributed by atoms with van der Waals surface area (Å²) in [5, 5.41) is 6.13. The summed E-state index contributed by atoms with van der Waals surface area (Å²) in [5.41, 5.74) is 0.367. The first-order valence-electron chi connectivity index (χ1n) is 6.53. The lowest BCUT2D eigenvalue weighted by Crippen LogP contribution is -2.47. The Balaban J connectivity index is 2.86. The molecule has 5 heteroatoms. The molecule has 0 aliphatic heterocycles. The summed E-state index contributed by atoms with van der Waals surface area (Å²) in [6, 6.07) is 5.18. The van der Waals surface area contributed by atoms with E-state index in [4.69, 9.17) is 11.6 Å². The third kappa shape index (κ3) is 3.97. The van der Waals surface area contributed by atoms with Crippen LogP contribution in [0, 0.1) is 12.3 Å². The number of hydrogen-bond acceptors (Lipinski definition) is 2. The third-order valence-corrected chi connectivity index (χ3v) is 3.23. The van der Waals surface area contributed by atoms with E-state index < -0.39 is 5.41 Å². The monoisotopic (exact) mass is 296 g/mol. The van der Waals surface area contributed by atoms with Crippen LogP contribution in [0.25, 0.3) is 0 Å². The predicted octanol–water partition coefficient (Wildman–Crippen LogP) is 3.14. The van der Waals surface area contributed by atoms with Crippen LogP contribution >= 0.6 is 11.6 Å². The Bertz CT molecular complexity index is 525. The second-order valence-corrected chi connectivity index (χ2v) is 6.10. The van der Waals surface area contributed by atoms with Gasteiger partial charge in [-0.15, -0.1) is 0 Å². The normalized spacial score (nSPS) is 11.3. The average Bonchev–Trinajstić information content (AvgIpc) is 2.31. The highest BCUT2D eigenvalue weighted by Gasteiger charge is 2.36. The average molecular weight is 297 g/mol. The quantitative estimate of drug-likeness (QED) is 0.839. The van der Waals surface area contributed by atoms with Crippen molar-refractivity contribution in [3.63, 3.8) is 0 Å². The van der Waals surface area contributed by atoms with Crippen molar-refractivity contribution in [2.75, 3.05) is 5.32 Å². The highest BCUT2D eigenvalue weighted by atomic mass is 35.5. The maximum atomic E-state index is 12.3. The summed E-state index contributed by atoms with van der Waals surface area (Å²) in [7, 11) is 0. The first kappa shape index (κ1) is 16.5. The highest BCUT2D eigenvalue weighted by Crippen LogP contribution is 2.23. The first-order chi connectivity index (χ1) is 9.14. The van der Waals surface area contributed by atoms with Gasteiger partial charge in [-0.25, -0.2) is 0 Å². The number of rotatable bonds is 4. The fourth-order valence-corrected chi connectivity index (χ4v) is 1.82. The Labute approximate surface area is 124 Å². The summed E-state index contributed by atoms with van der Waals surface area (Å²) in [6.07, 6.45) is 0. The molecular weight excluding hydrogens is 276 g/mol. The second-order valence-electron chi connectivity index (χ2n) is 5.67. The fraction of sp³-hybridized carbons (Fsp3) is 0.467. The van der Waals surface area contributed by atoms with Crippen LogP contribution in [0.2, 0.25) is 5.02 Å². The Kier molecular flexibility index (Phi) is 5.17. The predicted molar refractivity (Wildman–Crippen MR) is 81.9 cm³/mol. The van der Waals surface area contributed by atoms with Crippen molar-refractivity contribution in [3.8, 4) is 0 Å². The van der Waals surface area contributed by atoms with Crippen LogP contribution in [0.4, 0.5) is 5.69 Å². The molecule has 0 saturated carbocycles. The minimum Gasteiger partial charge on any atom is -0.353 e. The van der Waals surface area contributed by atoms with Gasteiger partial charge < -0.3 is 10.6 Å². The molecule has 0 fully saturated rings. The number of nitrogens with one attached hydrogen (secondary N) is 2. The van der Waals surface area contributed by atoms with Gasteiger partial charge in [0.2, 0.25) is 11.8 Å². The molecule has 0 aliphatic carbocycles. The number of anilines is 1. The molecule has 0 spiro atoms. The number of halogens is 1. The van der Waals surface area contributed by atoms with Crippen LogP contribution in [0.5, 0.6) is 0 Å². The van der Waals surface area contributed by atoms with Crippen molar-refractivity contribution in [3.05, 3.63) is 28.8 Å². The summed E-state index contributed by atoms with van der Waals surface area (Å²) >= 11 is 5.87. The zero-order valence-corrected chi connectivity index (χ0v) is 13.3. The van der Waals surface area contributed by atoms with E-state index in [1.54, 1.807) is 32.0 Å². The molecule has 0 unspecified atom stereocenters. The molecule has 0 aromatic heterocycles. The summed E-state index contributed by atoms with van der Waals surface area (Å²) in [6.45, 7) is 8.77. The molecule has 0 atom stereocenters. The van der Waals surface area contributed by atoms with Crippen molar-refractivity contribution in [2.45, 2.75) is 40.7 Å². The smallest absolute Gasteiger partial charge is 0.239 e. The van der Waals surface area contributed by atoms with Crippen LogP contribution in [-0.4, -0.2) is 17.9 Å². The number of carbonyl (C=O) groups is 2. The minimum absolute atomic E-state index is 0.00755. The number of benzene rings is 1. The van der Waals surface area contributed by atoms with Crippen LogP contribution in [0.1, 0.15) is 33.3 Å². The molecule has 0 radical (unpaired) electrons. The van der Waals surface area contributed by atoms with Gasteiger partial charge in [-0.3, -0.25) is 9.59 Å². The number of amides is 2. The van der Waals surface area contributed by atoms with E-state index in [1.807, 2.05) is 20.8 Å². The van der Waals surface area contributed by atoms with E-state index in [0.29, 0.717) is 10.7 Å². The van der Waals surface area contributed by atoms with Gasteiger partial charge in [-0.2, -0.15) is 0 Å². The Morgan fingerprint density at radius 2 is 1.80 bits per heavy atom. The zero-order chi connectivity index (χ0) is 15.5. The van der Waals surface area contributed by atoms with Crippen molar-refractivity contribution in [1.82, 2.24) is 5.32 Å². The van der Waals surface area contributed by atoms with Gasteiger partial charge >= 0.3 is 0 Å². The van der Waals surface area contributed by atoms with Crippen molar-refractivity contribution < 1.29 is 9.59 Å². The lowest BCUT2D eigenvalue weighted by molar-refractivity contribution is -0.138. The molecule has 2 N–H and O–H groups in total. The van der Waals surface area contributed by atoms with Gasteiger partial charge in [0, 0.05) is 16.8 Å². The first-order valence-corrected chi connectivity index (χ1v) is 6.91. The van der Waals surface area contributed by atoms with E-state index >= 15 is 0 Å². The Morgan fingerprint density at radius 1 is 1.20 bits per heavy atom. The minimum atomic E-state index is -1.14. The number of aryl methyl sites for hydroxylation is 1. The molecule has 4 nitrogen and oxygen atoms in total. The van der Waals surface area contributed by atoms with Crippen molar-refractivity contribution in [2.24, 2.45) is 5.41 Å². The highest BCUT2D eigenvalue weighted by molar-refractivity contribution is 6.30.